The van der Waals surface area contributed by atoms with E-state index in [4.69, 9.17) is 0 Å². The number of aromatic nitrogens is 2. The Balaban J connectivity index is 2.38. The second kappa shape index (κ2) is 5.83. The zero-order valence-corrected chi connectivity index (χ0v) is 12.1. The first-order valence-electron chi connectivity index (χ1n) is 5.68. The van der Waals surface area contributed by atoms with Crippen LogP contribution in [0.1, 0.15) is 5.56 Å². The molecule has 0 bridgehead atoms. The normalized spacial score (nSPS) is 10.3. The van der Waals surface area contributed by atoms with Gasteiger partial charge in [-0.1, -0.05) is 0 Å². The Kier molecular flexibility index (Phi) is 4.14. The second-order valence-electron chi connectivity index (χ2n) is 4.05. The van der Waals surface area contributed by atoms with Crippen LogP contribution in [0.3, 0.4) is 0 Å². The summed E-state index contributed by atoms with van der Waals surface area (Å²) in [7, 11) is 1.76. The molecule has 0 aliphatic rings. The third-order valence-corrected chi connectivity index (χ3v) is 3.22. The average Bonchev–Trinajstić information content (AvgIpc) is 2.42. The van der Waals surface area contributed by atoms with Crippen molar-refractivity contribution in [3.63, 3.8) is 0 Å². The zero-order chi connectivity index (χ0) is 14.7. The lowest BCUT2D eigenvalue weighted by molar-refractivity contribution is -0.386. The topological polar surface area (TPSA) is 90.1 Å². The molecule has 0 saturated carbocycles. The number of rotatable bonds is 4. The minimum atomic E-state index is -0.685. The fourth-order valence-electron chi connectivity index (χ4n) is 1.72. The van der Waals surface area contributed by atoms with Gasteiger partial charge in [-0.25, -0.2) is 4.98 Å². The van der Waals surface area contributed by atoms with Gasteiger partial charge in [0, 0.05) is 26.0 Å². The third-order valence-electron chi connectivity index (χ3n) is 2.66. The third kappa shape index (κ3) is 3.02. The van der Waals surface area contributed by atoms with Crippen molar-refractivity contribution in [2.75, 3.05) is 12.4 Å². The maximum absolute atomic E-state index is 11.6. The summed E-state index contributed by atoms with van der Waals surface area (Å²) in [6, 6.07) is 3.64. The molecular weight excluding hydrogens is 328 g/mol. The summed E-state index contributed by atoms with van der Waals surface area (Å²) < 4.78 is 1.74. The van der Waals surface area contributed by atoms with Gasteiger partial charge in [-0.15, -0.1) is 0 Å². The summed E-state index contributed by atoms with van der Waals surface area (Å²) in [6.45, 7) is 0.400. The molecule has 0 unspecified atom stereocenters. The van der Waals surface area contributed by atoms with Crippen molar-refractivity contribution < 1.29 is 4.92 Å². The van der Waals surface area contributed by atoms with Gasteiger partial charge in [0.15, 0.2) is 0 Å². The van der Waals surface area contributed by atoms with E-state index in [1.165, 1.54) is 12.4 Å². The van der Waals surface area contributed by atoms with Gasteiger partial charge in [-0.05, 0) is 33.6 Å². The fourth-order valence-corrected chi connectivity index (χ4v) is 2.19. The molecule has 20 heavy (non-hydrogen) atoms. The van der Waals surface area contributed by atoms with E-state index in [0.29, 0.717) is 12.4 Å². The maximum Gasteiger partial charge on any atom is 0.333 e. The van der Waals surface area contributed by atoms with E-state index in [1.54, 1.807) is 23.9 Å². The van der Waals surface area contributed by atoms with E-state index in [0.717, 1.165) is 5.56 Å². The molecule has 7 nitrogen and oxygen atoms in total. The number of halogens is 1. The Morgan fingerprint density at radius 2 is 2.25 bits per heavy atom. The molecule has 2 aromatic heterocycles. The summed E-state index contributed by atoms with van der Waals surface area (Å²) in [5.74, 6) is 0.706. The molecule has 104 valence electrons. The van der Waals surface area contributed by atoms with Gasteiger partial charge in [-0.2, -0.15) is 0 Å². The smallest absolute Gasteiger partial charge is 0.333 e. The summed E-state index contributed by atoms with van der Waals surface area (Å²) in [6.07, 6.45) is 4.40. The predicted molar refractivity (Wildman–Crippen MR) is 77.9 cm³/mol. The molecule has 0 amide bonds. The van der Waals surface area contributed by atoms with Crippen molar-refractivity contribution in [2.24, 2.45) is 0 Å². The Morgan fingerprint density at radius 3 is 2.90 bits per heavy atom. The Labute approximate surface area is 122 Å². The predicted octanol–water partition coefficient (Wildman–Crippen LogP) is 2.00. The number of hydrogen-bond donors (Lipinski definition) is 1. The van der Waals surface area contributed by atoms with Crippen LogP contribution in [0.15, 0.2) is 40.0 Å². The number of nitrogens with one attached hydrogen (secondary N) is 1. The van der Waals surface area contributed by atoms with Crippen LogP contribution in [0.25, 0.3) is 0 Å². The monoisotopic (exact) mass is 338 g/mol. The second-order valence-corrected chi connectivity index (χ2v) is 4.90. The minimum absolute atomic E-state index is 0.162. The van der Waals surface area contributed by atoms with Crippen LogP contribution in [0.2, 0.25) is 0 Å². The van der Waals surface area contributed by atoms with Crippen LogP contribution in [-0.4, -0.2) is 21.5 Å². The van der Waals surface area contributed by atoms with E-state index >= 15 is 0 Å². The number of pyridine rings is 2. The summed E-state index contributed by atoms with van der Waals surface area (Å²) in [5, 5.41) is 13.7. The molecule has 0 atom stereocenters. The summed E-state index contributed by atoms with van der Waals surface area (Å²) in [4.78, 5) is 25.8. The molecule has 0 aliphatic carbocycles. The van der Waals surface area contributed by atoms with Crippen molar-refractivity contribution in [2.45, 2.75) is 6.54 Å². The number of nitro groups is 1. The first-order valence-corrected chi connectivity index (χ1v) is 6.47. The molecule has 8 heteroatoms. The van der Waals surface area contributed by atoms with Gasteiger partial charge in [0.25, 0.3) is 5.43 Å². The van der Waals surface area contributed by atoms with Crippen LogP contribution in [0.5, 0.6) is 0 Å². The molecule has 0 spiro atoms. The summed E-state index contributed by atoms with van der Waals surface area (Å²) >= 11 is 3.04. The van der Waals surface area contributed by atoms with Crippen molar-refractivity contribution in [1.29, 1.82) is 0 Å². The molecular formula is C12H11BrN4O3. The van der Waals surface area contributed by atoms with E-state index in [-0.39, 0.29) is 4.47 Å². The first-order chi connectivity index (χ1) is 9.51. The lowest BCUT2D eigenvalue weighted by Gasteiger charge is -2.08. The van der Waals surface area contributed by atoms with E-state index in [2.05, 4.69) is 26.2 Å². The molecule has 2 heterocycles. The lowest BCUT2D eigenvalue weighted by Crippen LogP contribution is -2.13. The molecule has 1 N–H and O–H groups in total. The van der Waals surface area contributed by atoms with Crippen molar-refractivity contribution >= 4 is 27.4 Å². The van der Waals surface area contributed by atoms with Crippen molar-refractivity contribution in [1.82, 2.24) is 9.55 Å². The Morgan fingerprint density at radius 1 is 1.50 bits per heavy atom. The van der Waals surface area contributed by atoms with Gasteiger partial charge in [0.05, 0.1) is 15.6 Å². The lowest BCUT2D eigenvalue weighted by atomic mass is 10.2. The average molecular weight is 339 g/mol. The number of hydrogen-bond acceptors (Lipinski definition) is 5. The van der Waals surface area contributed by atoms with Gasteiger partial charge in [0.2, 0.25) is 0 Å². The first kappa shape index (κ1) is 14.2. The van der Waals surface area contributed by atoms with Gasteiger partial charge in [0.1, 0.15) is 5.82 Å². The van der Waals surface area contributed by atoms with Crippen molar-refractivity contribution in [3.8, 4) is 0 Å². The summed E-state index contributed by atoms with van der Waals surface area (Å²) in [5.41, 5.74) is -0.173. The fraction of sp³-hybridized carbons (Fsp3) is 0.167. The van der Waals surface area contributed by atoms with Crippen LogP contribution in [0.4, 0.5) is 11.5 Å². The largest absolute Gasteiger partial charge is 0.373 e. The van der Waals surface area contributed by atoms with Crippen LogP contribution in [-0.2, 0) is 6.54 Å². The van der Waals surface area contributed by atoms with Gasteiger partial charge < -0.3 is 9.88 Å². The van der Waals surface area contributed by atoms with Crippen LogP contribution < -0.4 is 10.7 Å². The highest BCUT2D eigenvalue weighted by molar-refractivity contribution is 9.10. The highest BCUT2D eigenvalue weighted by atomic mass is 79.9. The van der Waals surface area contributed by atoms with E-state index in [9.17, 15) is 14.9 Å². The SMILES string of the molecule is CNc1cc(Cn2cc(Br)c(=O)c([N+](=O)[O-])c2)ccn1. The van der Waals surface area contributed by atoms with Gasteiger partial charge in [-0.3, -0.25) is 14.9 Å². The zero-order valence-electron chi connectivity index (χ0n) is 10.5. The molecule has 0 aromatic carbocycles. The molecule has 0 radical (unpaired) electrons. The Hall–Kier alpha value is -2.22. The van der Waals surface area contributed by atoms with E-state index in [1.807, 2.05) is 6.07 Å². The molecule has 0 fully saturated rings. The molecule has 2 aromatic rings. The van der Waals surface area contributed by atoms with Crippen LogP contribution >= 0.6 is 15.9 Å². The standard InChI is InChI=1S/C12H11BrN4O3/c1-14-11-4-8(2-3-15-11)5-16-6-9(13)12(18)10(7-16)17(19)20/h2-4,6-7H,5H2,1H3,(H,14,15). The molecule has 2 rings (SSSR count). The van der Waals surface area contributed by atoms with Crippen LogP contribution in [0, 0.1) is 10.1 Å². The van der Waals surface area contributed by atoms with E-state index < -0.39 is 16.0 Å². The number of nitrogens with zero attached hydrogens (tertiary/aromatic N) is 3. The molecule has 0 aliphatic heterocycles. The number of anilines is 1. The highest BCUT2D eigenvalue weighted by Gasteiger charge is 2.15. The van der Waals surface area contributed by atoms with Gasteiger partial charge >= 0.3 is 5.69 Å². The maximum atomic E-state index is 11.6. The minimum Gasteiger partial charge on any atom is -0.373 e. The van der Waals surface area contributed by atoms with Crippen molar-refractivity contribution in [3.05, 3.63) is 61.1 Å². The Bertz CT molecular complexity index is 714. The highest BCUT2D eigenvalue weighted by Crippen LogP contribution is 2.13. The molecule has 0 saturated heterocycles. The quantitative estimate of drug-likeness (QED) is 0.680.